The van der Waals surface area contributed by atoms with Crippen LogP contribution >= 0.6 is 15.9 Å². The Hall–Kier alpha value is -1.48. The molecule has 1 unspecified atom stereocenters. The Bertz CT molecular complexity index is 540. The topological polar surface area (TPSA) is 18.5 Å². The zero-order chi connectivity index (χ0) is 13.7. The lowest BCUT2D eigenvalue weighted by Crippen LogP contribution is -1.98. The fourth-order valence-corrected chi connectivity index (χ4v) is 2.65. The van der Waals surface area contributed by atoms with Crippen LogP contribution in [0.4, 0.5) is 0 Å². The van der Waals surface area contributed by atoms with E-state index in [9.17, 15) is 0 Å². The van der Waals surface area contributed by atoms with Crippen LogP contribution in [0.25, 0.3) is 0 Å². The smallest absolute Gasteiger partial charge is 0.122 e. The summed E-state index contributed by atoms with van der Waals surface area (Å²) in [6.45, 7) is 0. The quantitative estimate of drug-likeness (QED) is 0.761. The number of rotatable bonds is 5. The van der Waals surface area contributed by atoms with Crippen LogP contribution < -0.4 is 9.47 Å². The van der Waals surface area contributed by atoms with Crippen molar-refractivity contribution < 1.29 is 9.47 Å². The summed E-state index contributed by atoms with van der Waals surface area (Å²) in [5, 5.41) is 0. The highest BCUT2D eigenvalue weighted by molar-refractivity contribution is 9.09. The van der Waals surface area contributed by atoms with Crippen LogP contribution in [-0.4, -0.2) is 14.2 Å². The van der Waals surface area contributed by atoms with Gasteiger partial charge in [0.2, 0.25) is 0 Å². The monoisotopic (exact) mass is 320 g/mol. The van der Waals surface area contributed by atoms with Gasteiger partial charge in [0.25, 0.3) is 0 Å². The molecule has 0 aromatic heterocycles. The third-order valence-electron chi connectivity index (χ3n) is 3.05. The van der Waals surface area contributed by atoms with Gasteiger partial charge in [-0.25, -0.2) is 0 Å². The lowest BCUT2D eigenvalue weighted by Gasteiger charge is -2.14. The molecule has 2 rings (SSSR count). The normalized spacial score (nSPS) is 11.9. The number of alkyl halides is 1. The molecular weight excluding hydrogens is 304 g/mol. The van der Waals surface area contributed by atoms with E-state index in [-0.39, 0.29) is 4.83 Å². The molecule has 0 spiro atoms. The summed E-state index contributed by atoms with van der Waals surface area (Å²) in [5.41, 5.74) is 2.39. The molecule has 0 aliphatic heterocycles. The highest BCUT2D eigenvalue weighted by Crippen LogP contribution is 2.32. The maximum atomic E-state index is 5.38. The Kier molecular flexibility index (Phi) is 4.86. The zero-order valence-corrected chi connectivity index (χ0v) is 12.7. The second-order valence-corrected chi connectivity index (χ2v) is 5.37. The molecule has 0 bridgehead atoms. The van der Waals surface area contributed by atoms with Crippen molar-refractivity contribution >= 4 is 15.9 Å². The van der Waals surface area contributed by atoms with Crippen LogP contribution in [0, 0.1) is 0 Å². The summed E-state index contributed by atoms with van der Waals surface area (Å²) in [7, 11) is 3.39. The predicted molar refractivity (Wildman–Crippen MR) is 81.4 cm³/mol. The fourth-order valence-electron chi connectivity index (χ4n) is 2.02. The Morgan fingerprint density at radius 3 is 2.53 bits per heavy atom. The molecule has 0 saturated carbocycles. The number of benzene rings is 2. The summed E-state index contributed by atoms with van der Waals surface area (Å²) in [4.78, 5) is 0.235. The lowest BCUT2D eigenvalue weighted by molar-refractivity contribution is 0.409. The number of hydrogen-bond donors (Lipinski definition) is 0. The average Bonchev–Trinajstić information content (AvgIpc) is 2.47. The summed E-state index contributed by atoms with van der Waals surface area (Å²) >= 11 is 3.74. The minimum atomic E-state index is 0.235. The maximum Gasteiger partial charge on any atom is 0.122 e. The van der Waals surface area contributed by atoms with E-state index in [0.717, 1.165) is 17.9 Å². The fraction of sp³-hybridized carbons (Fsp3) is 0.250. The van der Waals surface area contributed by atoms with Crippen molar-refractivity contribution in [2.75, 3.05) is 14.2 Å². The molecule has 0 aliphatic rings. The van der Waals surface area contributed by atoms with Gasteiger partial charge < -0.3 is 9.47 Å². The first-order valence-electron chi connectivity index (χ1n) is 6.14. The molecule has 0 N–H and O–H groups in total. The lowest BCUT2D eigenvalue weighted by atomic mass is 10.0. The van der Waals surface area contributed by atoms with Crippen LogP contribution in [-0.2, 0) is 6.42 Å². The maximum absolute atomic E-state index is 5.38. The Labute approximate surface area is 122 Å². The standard InChI is InChI=1S/C16H17BrO2/c1-18-14-8-5-7-12(10-14)15(17)11-13-6-3-4-9-16(13)19-2/h3-10,15H,11H2,1-2H3. The van der Waals surface area contributed by atoms with Crippen molar-refractivity contribution in [1.82, 2.24) is 0 Å². The van der Waals surface area contributed by atoms with E-state index in [1.807, 2.05) is 30.3 Å². The second kappa shape index (κ2) is 6.62. The van der Waals surface area contributed by atoms with Gasteiger partial charge in [-0.1, -0.05) is 46.3 Å². The molecule has 0 aliphatic carbocycles. The molecule has 100 valence electrons. The highest BCUT2D eigenvalue weighted by Gasteiger charge is 2.12. The van der Waals surface area contributed by atoms with Crippen molar-refractivity contribution in [3.05, 3.63) is 59.7 Å². The zero-order valence-electron chi connectivity index (χ0n) is 11.1. The summed E-state index contributed by atoms with van der Waals surface area (Å²) in [5.74, 6) is 1.80. The van der Waals surface area contributed by atoms with Crippen molar-refractivity contribution in [3.63, 3.8) is 0 Å². The van der Waals surface area contributed by atoms with Gasteiger partial charge in [0.15, 0.2) is 0 Å². The molecule has 0 radical (unpaired) electrons. The molecule has 0 fully saturated rings. The number of ether oxygens (including phenoxy) is 2. The molecule has 0 heterocycles. The van der Waals surface area contributed by atoms with E-state index in [4.69, 9.17) is 9.47 Å². The Balaban J connectivity index is 2.18. The van der Waals surface area contributed by atoms with Gasteiger partial charge in [-0.3, -0.25) is 0 Å². The molecule has 19 heavy (non-hydrogen) atoms. The third-order valence-corrected chi connectivity index (χ3v) is 3.90. The largest absolute Gasteiger partial charge is 0.497 e. The average molecular weight is 321 g/mol. The van der Waals surface area contributed by atoms with E-state index < -0.39 is 0 Å². The van der Waals surface area contributed by atoms with E-state index in [1.165, 1.54) is 11.1 Å². The van der Waals surface area contributed by atoms with Gasteiger partial charge in [-0.15, -0.1) is 0 Å². The molecule has 2 aromatic carbocycles. The second-order valence-electron chi connectivity index (χ2n) is 4.26. The van der Waals surface area contributed by atoms with Crippen molar-refractivity contribution in [3.8, 4) is 11.5 Å². The molecule has 1 atom stereocenters. The first-order valence-corrected chi connectivity index (χ1v) is 7.06. The van der Waals surface area contributed by atoms with Gasteiger partial charge >= 0.3 is 0 Å². The number of para-hydroxylation sites is 1. The first-order chi connectivity index (χ1) is 9.24. The SMILES string of the molecule is COc1cccc(C(Br)Cc2ccccc2OC)c1. The number of methoxy groups -OCH3 is 2. The summed E-state index contributed by atoms with van der Waals surface area (Å²) in [6.07, 6.45) is 0.872. The van der Waals surface area contributed by atoms with Crippen molar-refractivity contribution in [2.45, 2.75) is 11.2 Å². The minimum absolute atomic E-state index is 0.235. The van der Waals surface area contributed by atoms with Crippen LogP contribution in [0.1, 0.15) is 16.0 Å². The Morgan fingerprint density at radius 1 is 1.00 bits per heavy atom. The highest BCUT2D eigenvalue weighted by atomic mass is 79.9. The third kappa shape index (κ3) is 3.51. The van der Waals surface area contributed by atoms with Crippen LogP contribution in [0.3, 0.4) is 0 Å². The van der Waals surface area contributed by atoms with Crippen molar-refractivity contribution in [1.29, 1.82) is 0 Å². The summed E-state index contributed by atoms with van der Waals surface area (Å²) in [6, 6.07) is 16.2. The van der Waals surface area contributed by atoms with Crippen LogP contribution in [0.15, 0.2) is 48.5 Å². The Morgan fingerprint density at radius 2 is 1.79 bits per heavy atom. The molecule has 0 saturated heterocycles. The van der Waals surface area contributed by atoms with Crippen LogP contribution in [0.5, 0.6) is 11.5 Å². The molecular formula is C16H17BrO2. The van der Waals surface area contributed by atoms with Crippen LogP contribution in [0.2, 0.25) is 0 Å². The van der Waals surface area contributed by atoms with Gasteiger partial charge in [-0.05, 0) is 35.7 Å². The molecule has 0 amide bonds. The summed E-state index contributed by atoms with van der Waals surface area (Å²) < 4.78 is 10.6. The molecule has 2 aromatic rings. The molecule has 2 nitrogen and oxygen atoms in total. The minimum Gasteiger partial charge on any atom is -0.497 e. The molecule has 3 heteroatoms. The van der Waals surface area contributed by atoms with Gasteiger partial charge in [0.05, 0.1) is 14.2 Å². The van der Waals surface area contributed by atoms with E-state index in [0.29, 0.717) is 0 Å². The van der Waals surface area contributed by atoms with E-state index in [2.05, 4.69) is 34.1 Å². The van der Waals surface area contributed by atoms with Gasteiger partial charge in [0, 0.05) is 4.83 Å². The van der Waals surface area contributed by atoms with E-state index in [1.54, 1.807) is 14.2 Å². The number of halogens is 1. The van der Waals surface area contributed by atoms with Crippen molar-refractivity contribution in [2.24, 2.45) is 0 Å². The number of hydrogen-bond acceptors (Lipinski definition) is 2. The van der Waals surface area contributed by atoms with E-state index >= 15 is 0 Å². The van der Waals surface area contributed by atoms with Gasteiger partial charge in [0.1, 0.15) is 11.5 Å². The first kappa shape index (κ1) is 13.9. The van der Waals surface area contributed by atoms with Gasteiger partial charge in [-0.2, -0.15) is 0 Å². The predicted octanol–water partition coefficient (Wildman–Crippen LogP) is 4.38.